The summed E-state index contributed by atoms with van der Waals surface area (Å²) < 4.78 is 5.96. The van der Waals surface area contributed by atoms with Crippen LogP contribution in [0.2, 0.25) is 0 Å². The van der Waals surface area contributed by atoms with Crippen molar-refractivity contribution in [3.8, 4) is 0 Å². The van der Waals surface area contributed by atoms with E-state index in [1.165, 1.54) is 23.5 Å². The molecule has 14 heteroatoms. The van der Waals surface area contributed by atoms with Gasteiger partial charge in [-0.25, -0.2) is 4.98 Å². The van der Waals surface area contributed by atoms with E-state index in [2.05, 4.69) is 31.2 Å². The highest BCUT2D eigenvalue weighted by atomic mass is 16.5. The van der Waals surface area contributed by atoms with E-state index >= 15 is 0 Å². The fourth-order valence-electron chi connectivity index (χ4n) is 6.22. The number of ketones is 1. The molecule has 5 amide bonds. The van der Waals surface area contributed by atoms with Crippen LogP contribution in [0.4, 0.5) is 0 Å². The zero-order valence-corrected chi connectivity index (χ0v) is 30.0. The fourth-order valence-corrected chi connectivity index (χ4v) is 6.22. The lowest BCUT2D eigenvalue weighted by molar-refractivity contribution is -0.166. The van der Waals surface area contributed by atoms with Crippen molar-refractivity contribution >= 4 is 35.3 Å². The Bertz CT molecular complexity index is 1320. The molecule has 2 heterocycles. The average Bonchev–Trinajstić information content (AvgIpc) is 3.08. The summed E-state index contributed by atoms with van der Waals surface area (Å²) in [5.74, 6) is -4.19. The van der Waals surface area contributed by atoms with Crippen LogP contribution in [-0.2, 0) is 28.7 Å². The summed E-state index contributed by atoms with van der Waals surface area (Å²) in [5.41, 5.74) is -0.725. The number of hydrogen-bond acceptors (Lipinski definition) is 9. The molecule has 1 aromatic heterocycles. The molecule has 3 rings (SSSR count). The number of amides is 5. The van der Waals surface area contributed by atoms with E-state index in [1.54, 1.807) is 34.6 Å². The number of carbonyl (C=O) groups excluding carboxylic acids is 6. The lowest BCUT2D eigenvalue weighted by atomic mass is 9.83. The Morgan fingerprint density at radius 2 is 1.65 bits per heavy atom. The van der Waals surface area contributed by atoms with Crippen LogP contribution in [0.5, 0.6) is 0 Å². The largest absolute Gasteiger partial charge is 0.371 e. The second kappa shape index (κ2) is 18.2. The van der Waals surface area contributed by atoms with Gasteiger partial charge in [-0.1, -0.05) is 53.4 Å². The third kappa shape index (κ3) is 11.0. The van der Waals surface area contributed by atoms with Crippen molar-refractivity contribution in [1.82, 2.24) is 36.1 Å². The molecule has 0 radical (unpaired) electrons. The molecule has 49 heavy (non-hydrogen) atoms. The number of morpholine rings is 1. The van der Waals surface area contributed by atoms with Gasteiger partial charge >= 0.3 is 0 Å². The molecule has 1 aliphatic heterocycles. The van der Waals surface area contributed by atoms with Crippen LogP contribution in [0, 0.1) is 11.8 Å². The number of aromatic nitrogens is 2. The summed E-state index contributed by atoms with van der Waals surface area (Å²) in [5, 5.41) is 11.1. The van der Waals surface area contributed by atoms with Crippen molar-refractivity contribution in [1.29, 1.82) is 0 Å². The Labute approximate surface area is 289 Å². The van der Waals surface area contributed by atoms with Gasteiger partial charge in [0, 0.05) is 18.4 Å². The minimum absolute atomic E-state index is 0.0410. The van der Waals surface area contributed by atoms with Gasteiger partial charge in [-0.2, -0.15) is 0 Å². The highest BCUT2D eigenvalue weighted by Gasteiger charge is 2.45. The molecule has 5 atom stereocenters. The van der Waals surface area contributed by atoms with Crippen LogP contribution in [0.15, 0.2) is 18.6 Å². The zero-order chi connectivity index (χ0) is 36.3. The molecular formula is C35H55N7O7. The van der Waals surface area contributed by atoms with Gasteiger partial charge in [-0.3, -0.25) is 33.8 Å². The van der Waals surface area contributed by atoms with Gasteiger partial charge < -0.3 is 30.9 Å². The number of ether oxygens (including phenoxy) is 1. The maximum absolute atomic E-state index is 14.4. The first-order valence-corrected chi connectivity index (χ1v) is 17.7. The van der Waals surface area contributed by atoms with Crippen molar-refractivity contribution < 1.29 is 33.5 Å². The van der Waals surface area contributed by atoms with Gasteiger partial charge in [-0.15, -0.1) is 0 Å². The maximum atomic E-state index is 14.4. The Kier molecular flexibility index (Phi) is 14.6. The molecule has 4 N–H and O–H groups in total. The first-order valence-electron chi connectivity index (χ1n) is 17.7. The van der Waals surface area contributed by atoms with Crippen LogP contribution < -0.4 is 21.3 Å². The number of nitrogens with zero attached hydrogens (tertiary/aromatic N) is 3. The Morgan fingerprint density at radius 1 is 0.959 bits per heavy atom. The van der Waals surface area contributed by atoms with E-state index in [0.717, 1.165) is 32.1 Å². The quantitative estimate of drug-likeness (QED) is 0.200. The van der Waals surface area contributed by atoms with Gasteiger partial charge in [-0.05, 0) is 58.3 Å². The number of Topliss-reactive ketones (excluding diaryl/α,β-unsaturated/α-hetero) is 1. The molecule has 1 aliphatic carbocycles. The van der Waals surface area contributed by atoms with Crippen molar-refractivity contribution in [2.75, 3.05) is 13.2 Å². The monoisotopic (exact) mass is 685 g/mol. The molecule has 0 aromatic carbocycles. The lowest BCUT2D eigenvalue weighted by Crippen LogP contribution is -2.66. The maximum Gasteiger partial charge on any atom is 0.289 e. The van der Waals surface area contributed by atoms with Crippen LogP contribution in [0.25, 0.3) is 0 Å². The van der Waals surface area contributed by atoms with Crippen LogP contribution >= 0.6 is 0 Å². The third-order valence-corrected chi connectivity index (χ3v) is 9.29. The van der Waals surface area contributed by atoms with E-state index in [4.69, 9.17) is 4.74 Å². The molecule has 1 aromatic rings. The predicted octanol–water partition coefficient (Wildman–Crippen LogP) is 2.07. The molecule has 272 valence electrons. The molecular weight excluding hydrogens is 630 g/mol. The van der Waals surface area contributed by atoms with Crippen LogP contribution in [0.1, 0.15) is 110 Å². The number of nitrogens with one attached hydrogen (secondary N) is 4. The molecule has 2 fully saturated rings. The van der Waals surface area contributed by atoms with Crippen molar-refractivity contribution in [2.24, 2.45) is 11.8 Å². The van der Waals surface area contributed by atoms with Crippen LogP contribution in [-0.4, -0.2) is 99.1 Å². The SMILES string of the molecule is CCC[C@H](NC(=O)[C@@H]1COC(C)(C)CN1C(=O)[C@@H](NC(=O)[C@@H](NC(=O)c1cnccn1)C1CCCCC1)C(C)C)C(=O)C(=O)NC(C)CC. The van der Waals surface area contributed by atoms with Gasteiger partial charge in [0.2, 0.25) is 23.5 Å². The highest BCUT2D eigenvalue weighted by Crippen LogP contribution is 2.28. The first-order chi connectivity index (χ1) is 23.2. The topological polar surface area (TPSA) is 189 Å². The second-order valence-corrected chi connectivity index (χ2v) is 14.2. The molecule has 2 aliphatic rings. The fraction of sp³-hybridized carbons (Fsp3) is 0.714. The van der Waals surface area contributed by atoms with E-state index < -0.39 is 65.1 Å². The summed E-state index contributed by atoms with van der Waals surface area (Å²) in [7, 11) is 0. The standard InChI is InChI=1S/C35H55N7O7/c1-8-13-24(29(43)33(47)38-22(5)9-2)39-31(45)26-19-49-35(6,7)20-42(26)34(48)27(21(3)4)40-32(46)28(23-14-11-10-12-15-23)41-30(44)25-18-36-16-17-37-25/h16-18,21-24,26-28H,8-15,19-20H2,1-7H3,(H,38,47)(H,39,45)(H,40,46)(H,41,44)/t22?,24-,26-,27-,28-/m0/s1. The van der Waals surface area contributed by atoms with Crippen molar-refractivity contribution in [3.05, 3.63) is 24.3 Å². The van der Waals surface area contributed by atoms with E-state index in [1.807, 2.05) is 13.8 Å². The summed E-state index contributed by atoms with van der Waals surface area (Å²) >= 11 is 0. The third-order valence-electron chi connectivity index (χ3n) is 9.29. The molecule has 1 saturated carbocycles. The molecule has 14 nitrogen and oxygen atoms in total. The van der Waals surface area contributed by atoms with Gasteiger partial charge in [0.15, 0.2) is 0 Å². The Hall–Kier alpha value is -3.94. The lowest BCUT2D eigenvalue weighted by Gasteiger charge is -2.44. The Morgan fingerprint density at radius 3 is 2.24 bits per heavy atom. The summed E-state index contributed by atoms with van der Waals surface area (Å²) in [6.45, 7) is 12.6. The normalized spacial score (nSPS) is 20.3. The summed E-state index contributed by atoms with van der Waals surface area (Å²) in [6.07, 6.45) is 9.94. The Balaban J connectivity index is 1.84. The first kappa shape index (κ1) is 39.5. The highest BCUT2D eigenvalue weighted by molar-refractivity contribution is 6.38. The van der Waals surface area contributed by atoms with E-state index in [-0.39, 0.29) is 43.1 Å². The minimum atomic E-state index is -1.12. The van der Waals surface area contributed by atoms with Gasteiger partial charge in [0.25, 0.3) is 11.8 Å². The zero-order valence-electron chi connectivity index (χ0n) is 30.0. The molecule has 1 saturated heterocycles. The summed E-state index contributed by atoms with van der Waals surface area (Å²) in [4.78, 5) is 90.4. The van der Waals surface area contributed by atoms with Gasteiger partial charge in [0.1, 0.15) is 23.8 Å². The predicted molar refractivity (Wildman–Crippen MR) is 182 cm³/mol. The van der Waals surface area contributed by atoms with E-state index in [9.17, 15) is 28.8 Å². The molecule has 0 spiro atoms. The van der Waals surface area contributed by atoms with Crippen molar-refractivity contribution in [3.63, 3.8) is 0 Å². The average molecular weight is 686 g/mol. The second-order valence-electron chi connectivity index (χ2n) is 14.2. The number of hydrogen-bond donors (Lipinski definition) is 4. The number of rotatable bonds is 15. The smallest absolute Gasteiger partial charge is 0.289 e. The van der Waals surface area contributed by atoms with E-state index in [0.29, 0.717) is 12.8 Å². The number of carbonyl (C=O) groups is 6. The van der Waals surface area contributed by atoms with Crippen LogP contribution in [0.3, 0.4) is 0 Å². The molecule has 0 bridgehead atoms. The summed E-state index contributed by atoms with van der Waals surface area (Å²) in [6, 6.07) is -4.35. The molecule has 1 unspecified atom stereocenters. The van der Waals surface area contributed by atoms with Gasteiger partial charge in [0.05, 0.1) is 31.0 Å². The minimum Gasteiger partial charge on any atom is -0.371 e. The van der Waals surface area contributed by atoms with Crippen molar-refractivity contribution in [2.45, 2.75) is 136 Å².